The van der Waals surface area contributed by atoms with Crippen molar-refractivity contribution in [3.8, 4) is 0 Å². The molecule has 2 N–H and O–H groups in total. The van der Waals surface area contributed by atoms with Gasteiger partial charge in [-0.05, 0) is 82.0 Å². The van der Waals surface area contributed by atoms with E-state index in [9.17, 15) is 9.59 Å². The number of urea groups is 1. The molecule has 0 spiro atoms. The molecule has 6 heterocycles. The van der Waals surface area contributed by atoms with Gasteiger partial charge in [0.2, 0.25) is 5.91 Å². The van der Waals surface area contributed by atoms with Crippen molar-refractivity contribution in [1.29, 1.82) is 0 Å². The molecule has 4 aliphatic heterocycles. The van der Waals surface area contributed by atoms with Crippen LogP contribution in [0.1, 0.15) is 75.3 Å². The maximum absolute atomic E-state index is 15.6. The van der Waals surface area contributed by atoms with Gasteiger partial charge >= 0.3 is 6.03 Å². The van der Waals surface area contributed by atoms with Gasteiger partial charge in [0.1, 0.15) is 11.3 Å². The lowest BCUT2D eigenvalue weighted by Gasteiger charge is -2.43. The molecule has 5 fully saturated rings. The Labute approximate surface area is 210 Å². The summed E-state index contributed by atoms with van der Waals surface area (Å²) < 4.78 is 17.9. The van der Waals surface area contributed by atoms with Crippen molar-refractivity contribution >= 4 is 28.7 Å². The lowest BCUT2D eigenvalue weighted by Crippen LogP contribution is -2.52. The number of carbonyl (C=O) groups is 2. The van der Waals surface area contributed by atoms with E-state index >= 15 is 4.39 Å². The summed E-state index contributed by atoms with van der Waals surface area (Å²) in [7, 11) is 0. The number of hydrogen-bond acceptors (Lipinski definition) is 5. The van der Waals surface area contributed by atoms with Crippen molar-refractivity contribution in [3.63, 3.8) is 0 Å². The van der Waals surface area contributed by atoms with Gasteiger partial charge in [0.25, 0.3) is 0 Å². The molecule has 1 aliphatic carbocycles. The lowest BCUT2D eigenvalue weighted by molar-refractivity contribution is -0.120. The molecule has 8 nitrogen and oxygen atoms in total. The molecular formula is C27H35FN6O2. The molecule has 9 heteroatoms. The highest BCUT2D eigenvalue weighted by atomic mass is 19.1. The number of amides is 3. The molecule has 2 bridgehead atoms. The summed E-state index contributed by atoms with van der Waals surface area (Å²) in [5, 5.41) is 6.84. The quantitative estimate of drug-likeness (QED) is 0.664. The van der Waals surface area contributed by atoms with Crippen molar-refractivity contribution in [1.82, 2.24) is 25.1 Å². The molecule has 4 saturated heterocycles. The Kier molecular flexibility index (Phi) is 5.36. The number of piperidine rings is 2. The van der Waals surface area contributed by atoms with E-state index in [1.54, 1.807) is 11.1 Å². The summed E-state index contributed by atoms with van der Waals surface area (Å²) in [6, 6.07) is 2.96. The number of alkyl halides is 1. The molecule has 3 atom stereocenters. The number of pyridine rings is 1. The molecule has 0 radical (unpaired) electrons. The number of carbonyl (C=O) groups excluding carboxylic acids is 2. The summed E-state index contributed by atoms with van der Waals surface area (Å²) in [5.74, 6) is 0.334. The van der Waals surface area contributed by atoms with Crippen LogP contribution in [0.25, 0.3) is 11.0 Å². The van der Waals surface area contributed by atoms with E-state index in [0.29, 0.717) is 56.4 Å². The van der Waals surface area contributed by atoms with Crippen LogP contribution in [0.4, 0.5) is 14.9 Å². The van der Waals surface area contributed by atoms with E-state index in [1.807, 2.05) is 0 Å². The maximum Gasteiger partial charge on any atom is 0.328 e. The zero-order valence-electron chi connectivity index (χ0n) is 20.7. The van der Waals surface area contributed by atoms with Crippen molar-refractivity contribution in [3.05, 3.63) is 24.0 Å². The van der Waals surface area contributed by atoms with E-state index in [0.717, 1.165) is 55.5 Å². The Hall–Kier alpha value is -2.52. The molecule has 36 heavy (non-hydrogen) atoms. The standard InChI is InChI=1S/C27H35FN6O2/c28-27(6-8-29-9-7-27)16-34-18-3-4-19(34)12-20(11-18)33-15-23(17-1-2-17)22-13-21(14-30-25(22)33)32-10-5-24(35)31-26(32)36/h13-15,17-20,29H,1-12,16H2,(H,31,35,36)/t18-,19?,20?/m0/s1. The number of fused-ring (bicyclic) bond motifs is 3. The molecule has 2 aromatic heterocycles. The summed E-state index contributed by atoms with van der Waals surface area (Å²) in [4.78, 5) is 33.0. The summed E-state index contributed by atoms with van der Waals surface area (Å²) in [5.41, 5.74) is 2.02. The van der Waals surface area contributed by atoms with Gasteiger partial charge in [-0.1, -0.05) is 0 Å². The van der Waals surface area contributed by atoms with Crippen LogP contribution in [0.2, 0.25) is 0 Å². The number of hydrogen-bond donors (Lipinski definition) is 2. The van der Waals surface area contributed by atoms with E-state index in [4.69, 9.17) is 4.98 Å². The van der Waals surface area contributed by atoms with E-state index in [-0.39, 0.29) is 11.9 Å². The lowest BCUT2D eigenvalue weighted by atomic mass is 9.90. The number of nitrogens with one attached hydrogen (secondary N) is 2. The largest absolute Gasteiger partial charge is 0.329 e. The third kappa shape index (κ3) is 3.91. The number of rotatable bonds is 5. The van der Waals surface area contributed by atoms with Crippen LogP contribution in [-0.4, -0.2) is 70.3 Å². The fraction of sp³-hybridized carbons (Fsp3) is 0.667. The van der Waals surface area contributed by atoms with Gasteiger partial charge in [0.15, 0.2) is 0 Å². The van der Waals surface area contributed by atoms with Gasteiger partial charge in [0.05, 0.1) is 11.9 Å². The predicted molar refractivity (Wildman–Crippen MR) is 135 cm³/mol. The van der Waals surface area contributed by atoms with Gasteiger partial charge in [-0.15, -0.1) is 0 Å². The minimum atomic E-state index is -1.05. The molecule has 5 aliphatic rings. The smallest absolute Gasteiger partial charge is 0.328 e. The van der Waals surface area contributed by atoms with E-state index < -0.39 is 5.67 Å². The van der Waals surface area contributed by atoms with Crippen molar-refractivity contribution in [2.45, 2.75) is 87.5 Å². The first-order valence-electron chi connectivity index (χ1n) is 13.7. The monoisotopic (exact) mass is 494 g/mol. The first kappa shape index (κ1) is 22.7. The van der Waals surface area contributed by atoms with Gasteiger partial charge in [0, 0.05) is 49.2 Å². The van der Waals surface area contributed by atoms with Gasteiger partial charge in [-0.25, -0.2) is 14.2 Å². The maximum atomic E-state index is 15.6. The molecule has 1 saturated carbocycles. The van der Waals surface area contributed by atoms with Crippen LogP contribution in [0.15, 0.2) is 18.5 Å². The average Bonchev–Trinajstić information content (AvgIpc) is 3.60. The fourth-order valence-electron chi connectivity index (χ4n) is 7.19. The number of anilines is 1. The SMILES string of the molecule is O=C1CCN(c2cnc3c(c2)c(C2CC2)cn3C2CC3CC[C@@H](C2)N3CC2(F)CCNCC2)C(=O)N1. The second kappa shape index (κ2) is 8.52. The van der Waals surface area contributed by atoms with Crippen LogP contribution >= 0.6 is 0 Å². The third-order valence-electron chi connectivity index (χ3n) is 9.29. The molecular weight excluding hydrogens is 459 g/mol. The van der Waals surface area contributed by atoms with E-state index in [1.165, 1.54) is 18.4 Å². The number of aromatic nitrogens is 2. The minimum Gasteiger partial charge on any atom is -0.329 e. The number of nitrogens with zero attached hydrogens (tertiary/aromatic N) is 4. The normalized spacial score (nSPS) is 30.7. The van der Waals surface area contributed by atoms with Gasteiger partial charge in [-0.2, -0.15) is 0 Å². The van der Waals surface area contributed by atoms with Gasteiger partial charge in [-0.3, -0.25) is 19.9 Å². The second-order valence-electron chi connectivity index (χ2n) is 11.7. The predicted octanol–water partition coefficient (Wildman–Crippen LogP) is 3.62. The summed E-state index contributed by atoms with van der Waals surface area (Å²) in [6.07, 6.45) is 12.4. The van der Waals surface area contributed by atoms with Crippen LogP contribution in [0, 0.1) is 0 Å². The first-order valence-corrected chi connectivity index (χ1v) is 13.7. The van der Waals surface area contributed by atoms with Crippen LogP contribution in [0.5, 0.6) is 0 Å². The summed E-state index contributed by atoms with van der Waals surface area (Å²) in [6.45, 7) is 2.53. The van der Waals surface area contributed by atoms with Crippen LogP contribution < -0.4 is 15.5 Å². The third-order valence-corrected chi connectivity index (χ3v) is 9.29. The fourth-order valence-corrected chi connectivity index (χ4v) is 7.19. The molecule has 0 aromatic carbocycles. The zero-order chi connectivity index (χ0) is 24.4. The molecule has 2 unspecified atom stereocenters. The van der Waals surface area contributed by atoms with Crippen LogP contribution in [-0.2, 0) is 4.79 Å². The second-order valence-corrected chi connectivity index (χ2v) is 11.7. The van der Waals surface area contributed by atoms with E-state index in [2.05, 4.69) is 32.4 Å². The highest BCUT2D eigenvalue weighted by molar-refractivity contribution is 6.06. The minimum absolute atomic E-state index is 0.227. The summed E-state index contributed by atoms with van der Waals surface area (Å²) >= 11 is 0. The number of imide groups is 1. The Morgan fingerprint density at radius 2 is 1.81 bits per heavy atom. The molecule has 7 rings (SSSR count). The average molecular weight is 495 g/mol. The number of halogens is 1. The Bertz CT molecular complexity index is 1190. The van der Waals surface area contributed by atoms with Crippen LogP contribution in [0.3, 0.4) is 0 Å². The highest BCUT2D eigenvalue weighted by Gasteiger charge is 2.46. The molecule has 3 amide bonds. The Balaban J connectivity index is 1.16. The Morgan fingerprint density at radius 3 is 2.50 bits per heavy atom. The highest BCUT2D eigenvalue weighted by Crippen LogP contribution is 2.48. The zero-order valence-corrected chi connectivity index (χ0v) is 20.7. The topological polar surface area (TPSA) is 82.5 Å². The van der Waals surface area contributed by atoms with Crippen molar-refractivity contribution in [2.75, 3.05) is 31.1 Å². The van der Waals surface area contributed by atoms with Crippen molar-refractivity contribution < 1.29 is 14.0 Å². The first-order chi connectivity index (χ1) is 17.5. The van der Waals surface area contributed by atoms with Gasteiger partial charge < -0.3 is 9.88 Å². The molecule has 2 aromatic rings. The Morgan fingerprint density at radius 1 is 1.06 bits per heavy atom. The van der Waals surface area contributed by atoms with Crippen molar-refractivity contribution in [2.24, 2.45) is 0 Å². The molecule has 192 valence electrons.